The van der Waals surface area contributed by atoms with Crippen LogP contribution in [0.3, 0.4) is 0 Å². The lowest BCUT2D eigenvalue weighted by atomic mass is 10.0. The Bertz CT molecular complexity index is 690. The molecule has 0 radical (unpaired) electrons. The Morgan fingerprint density at radius 1 is 1.20 bits per heavy atom. The number of hydrogen-bond acceptors (Lipinski definition) is 4. The molecule has 2 heterocycles. The number of rotatable bonds is 6. The highest BCUT2D eigenvalue weighted by Gasteiger charge is 2.22. The minimum Gasteiger partial charge on any atom is -0.456 e. The van der Waals surface area contributed by atoms with Crippen molar-refractivity contribution in [1.29, 1.82) is 0 Å². The van der Waals surface area contributed by atoms with E-state index in [2.05, 4.69) is 22.3 Å². The minimum absolute atomic E-state index is 0.0257. The van der Waals surface area contributed by atoms with Crippen molar-refractivity contribution in [2.24, 2.45) is 0 Å². The van der Waals surface area contributed by atoms with Crippen molar-refractivity contribution < 1.29 is 13.9 Å². The number of nitrogens with one attached hydrogen (secondary N) is 1. The van der Waals surface area contributed by atoms with Gasteiger partial charge in [-0.15, -0.1) is 0 Å². The van der Waals surface area contributed by atoms with Gasteiger partial charge in [0.2, 0.25) is 0 Å². The third-order valence-corrected chi connectivity index (χ3v) is 4.49. The van der Waals surface area contributed by atoms with Crippen molar-refractivity contribution in [3.8, 4) is 0 Å². The van der Waals surface area contributed by atoms with Crippen molar-refractivity contribution in [2.45, 2.75) is 26.3 Å². The van der Waals surface area contributed by atoms with E-state index in [9.17, 15) is 4.79 Å². The zero-order valence-corrected chi connectivity index (χ0v) is 15.0. The highest BCUT2D eigenvalue weighted by Crippen LogP contribution is 2.14. The molecule has 0 saturated carbocycles. The average molecular weight is 342 g/mol. The standard InChI is InChI=1S/C20H26N2O3/c1-15-12-16(2)25-19(15)20(23)21-18(13-17-6-4-3-5-7-17)14-22-8-10-24-11-9-22/h3-7,12,18H,8-11,13-14H2,1-2H3,(H,21,23)/t18-/m0/s1. The van der Waals surface area contributed by atoms with Gasteiger partial charge in [-0.3, -0.25) is 9.69 Å². The molecule has 3 rings (SSSR count). The lowest BCUT2D eigenvalue weighted by molar-refractivity contribution is 0.0332. The van der Waals surface area contributed by atoms with Gasteiger partial charge < -0.3 is 14.5 Å². The molecule has 0 bridgehead atoms. The predicted molar refractivity (Wildman–Crippen MR) is 96.8 cm³/mol. The summed E-state index contributed by atoms with van der Waals surface area (Å²) in [5.74, 6) is 1.03. The van der Waals surface area contributed by atoms with Crippen LogP contribution < -0.4 is 5.32 Å². The van der Waals surface area contributed by atoms with Crippen molar-refractivity contribution >= 4 is 5.91 Å². The first-order chi connectivity index (χ1) is 12.1. The predicted octanol–water partition coefficient (Wildman–Crippen LogP) is 2.57. The highest BCUT2D eigenvalue weighted by atomic mass is 16.5. The molecular formula is C20H26N2O3. The van der Waals surface area contributed by atoms with Gasteiger partial charge in [-0.05, 0) is 31.9 Å². The van der Waals surface area contributed by atoms with Crippen LogP contribution >= 0.6 is 0 Å². The number of amides is 1. The van der Waals surface area contributed by atoms with Gasteiger partial charge in [0.15, 0.2) is 5.76 Å². The molecular weight excluding hydrogens is 316 g/mol. The maximum absolute atomic E-state index is 12.7. The van der Waals surface area contributed by atoms with Crippen molar-refractivity contribution in [3.63, 3.8) is 0 Å². The van der Waals surface area contributed by atoms with Crippen molar-refractivity contribution in [2.75, 3.05) is 32.8 Å². The zero-order chi connectivity index (χ0) is 17.6. The molecule has 1 aromatic carbocycles. The summed E-state index contributed by atoms with van der Waals surface area (Å²) < 4.78 is 11.0. The molecule has 0 unspecified atom stereocenters. The smallest absolute Gasteiger partial charge is 0.287 e. The number of carbonyl (C=O) groups excluding carboxylic acids is 1. The topological polar surface area (TPSA) is 54.7 Å². The number of hydrogen-bond donors (Lipinski definition) is 1. The molecule has 5 nitrogen and oxygen atoms in total. The minimum atomic E-state index is -0.139. The second kappa shape index (κ2) is 8.32. The van der Waals surface area contributed by atoms with Crippen molar-refractivity contribution in [1.82, 2.24) is 10.2 Å². The summed E-state index contributed by atoms with van der Waals surface area (Å²) >= 11 is 0. The lowest BCUT2D eigenvalue weighted by Gasteiger charge is -2.30. The summed E-state index contributed by atoms with van der Waals surface area (Å²) in [6.07, 6.45) is 0.794. The van der Waals surface area contributed by atoms with Crippen LogP contribution in [0.5, 0.6) is 0 Å². The summed E-state index contributed by atoms with van der Waals surface area (Å²) in [6, 6.07) is 12.2. The van der Waals surface area contributed by atoms with E-state index >= 15 is 0 Å². The summed E-state index contributed by atoms with van der Waals surface area (Å²) in [5, 5.41) is 3.17. The van der Waals surface area contributed by atoms with Gasteiger partial charge in [0.05, 0.1) is 13.2 Å². The Morgan fingerprint density at radius 3 is 2.56 bits per heavy atom. The van der Waals surface area contributed by atoms with Gasteiger partial charge >= 0.3 is 0 Å². The van der Waals surface area contributed by atoms with Gasteiger partial charge in [-0.25, -0.2) is 0 Å². The van der Waals surface area contributed by atoms with Crippen LogP contribution in [-0.2, 0) is 11.2 Å². The number of furan rings is 1. The van der Waals surface area contributed by atoms with Crippen LogP contribution in [0.25, 0.3) is 0 Å². The highest BCUT2D eigenvalue weighted by molar-refractivity contribution is 5.93. The van der Waals surface area contributed by atoms with E-state index in [1.807, 2.05) is 38.1 Å². The number of carbonyl (C=O) groups is 1. The number of ether oxygens (including phenoxy) is 1. The molecule has 134 valence electrons. The van der Waals surface area contributed by atoms with Gasteiger partial charge in [-0.2, -0.15) is 0 Å². The summed E-state index contributed by atoms with van der Waals surface area (Å²) in [7, 11) is 0. The molecule has 1 saturated heterocycles. The number of benzene rings is 1. The monoisotopic (exact) mass is 342 g/mol. The molecule has 1 amide bonds. The van der Waals surface area contributed by atoms with Gasteiger partial charge in [0, 0.05) is 31.2 Å². The normalized spacial score (nSPS) is 16.6. The second-order valence-corrected chi connectivity index (χ2v) is 6.64. The van der Waals surface area contributed by atoms with Crippen LogP contribution in [0.4, 0.5) is 0 Å². The van der Waals surface area contributed by atoms with Crippen LogP contribution in [0.1, 0.15) is 27.4 Å². The zero-order valence-electron chi connectivity index (χ0n) is 15.0. The Kier molecular flexibility index (Phi) is 5.89. The first kappa shape index (κ1) is 17.7. The van der Waals surface area contributed by atoms with Crippen LogP contribution in [-0.4, -0.2) is 49.7 Å². The fourth-order valence-electron chi connectivity index (χ4n) is 3.27. The first-order valence-corrected chi connectivity index (χ1v) is 8.84. The Morgan fingerprint density at radius 2 is 1.92 bits per heavy atom. The van der Waals surface area contributed by atoms with Gasteiger partial charge in [-0.1, -0.05) is 30.3 Å². The maximum Gasteiger partial charge on any atom is 0.287 e. The molecule has 1 fully saturated rings. The molecule has 1 aliphatic heterocycles. The lowest BCUT2D eigenvalue weighted by Crippen LogP contribution is -2.48. The molecule has 1 aliphatic rings. The molecule has 25 heavy (non-hydrogen) atoms. The number of nitrogens with zero attached hydrogens (tertiary/aromatic N) is 1. The van der Waals surface area contributed by atoms with E-state index in [1.54, 1.807) is 0 Å². The van der Waals surface area contributed by atoms with Gasteiger partial charge in [0.25, 0.3) is 5.91 Å². The first-order valence-electron chi connectivity index (χ1n) is 8.84. The quantitative estimate of drug-likeness (QED) is 0.877. The van der Waals surface area contributed by atoms with Crippen LogP contribution in [0.2, 0.25) is 0 Å². The number of morpholine rings is 1. The second-order valence-electron chi connectivity index (χ2n) is 6.64. The van der Waals surface area contributed by atoms with Crippen molar-refractivity contribution in [3.05, 3.63) is 59.0 Å². The van der Waals surface area contributed by atoms with E-state index in [4.69, 9.17) is 9.15 Å². The largest absolute Gasteiger partial charge is 0.456 e. The molecule has 0 spiro atoms. The summed E-state index contributed by atoms with van der Waals surface area (Å²) in [4.78, 5) is 15.0. The van der Waals surface area contributed by atoms with E-state index in [1.165, 1.54) is 5.56 Å². The summed E-state index contributed by atoms with van der Waals surface area (Å²) in [5.41, 5.74) is 2.09. The maximum atomic E-state index is 12.7. The molecule has 5 heteroatoms. The molecule has 0 aliphatic carbocycles. The fourth-order valence-corrected chi connectivity index (χ4v) is 3.27. The van der Waals surface area contributed by atoms with Crippen LogP contribution in [0.15, 0.2) is 40.8 Å². The van der Waals surface area contributed by atoms with E-state index in [0.29, 0.717) is 5.76 Å². The molecule has 1 atom stereocenters. The van der Waals surface area contributed by atoms with Crippen LogP contribution in [0, 0.1) is 13.8 Å². The average Bonchev–Trinajstić information content (AvgIpc) is 2.95. The van der Waals surface area contributed by atoms with Gasteiger partial charge in [0.1, 0.15) is 5.76 Å². The third kappa shape index (κ3) is 4.94. The Labute approximate surface area is 149 Å². The van der Waals surface area contributed by atoms with E-state index in [0.717, 1.165) is 50.6 Å². The Hall–Kier alpha value is -2.11. The fraction of sp³-hybridized carbons (Fsp3) is 0.450. The Balaban J connectivity index is 1.70. The van der Waals surface area contributed by atoms with E-state index < -0.39 is 0 Å². The number of aryl methyl sites for hydroxylation is 2. The molecule has 1 aromatic heterocycles. The summed E-state index contributed by atoms with van der Waals surface area (Å²) in [6.45, 7) is 7.88. The molecule has 2 aromatic rings. The third-order valence-electron chi connectivity index (χ3n) is 4.49. The van der Waals surface area contributed by atoms with E-state index in [-0.39, 0.29) is 11.9 Å². The SMILES string of the molecule is Cc1cc(C)c(C(=O)N[C@@H](Cc2ccccc2)CN2CCOCC2)o1. The molecule has 1 N–H and O–H groups in total.